The van der Waals surface area contributed by atoms with Gasteiger partial charge in [0.15, 0.2) is 11.5 Å². The first-order chi connectivity index (χ1) is 14.6. The van der Waals surface area contributed by atoms with Crippen molar-refractivity contribution in [1.29, 1.82) is 0 Å². The molecule has 1 aliphatic carbocycles. The highest BCUT2D eigenvalue weighted by Crippen LogP contribution is 2.42. The van der Waals surface area contributed by atoms with Crippen LogP contribution in [0.5, 0.6) is 0 Å². The molecule has 1 amide bonds. The second kappa shape index (κ2) is 7.26. The minimum atomic E-state index is -0.394. The van der Waals surface area contributed by atoms with Crippen LogP contribution in [0.2, 0.25) is 0 Å². The smallest absolute Gasteiger partial charge is 0.248 e. The summed E-state index contributed by atoms with van der Waals surface area (Å²) in [5.41, 5.74) is 10.5. The Hall–Kier alpha value is -3.74. The number of carbonyl (C=O) groups excluding carboxylic acids is 1. The number of nitrogens with one attached hydrogen (secondary N) is 1. The van der Waals surface area contributed by atoms with E-state index in [1.165, 1.54) is 12.1 Å². The molecule has 0 spiro atoms. The number of aromatic nitrogens is 3. The summed E-state index contributed by atoms with van der Waals surface area (Å²) in [6.45, 7) is 0.508. The van der Waals surface area contributed by atoms with Crippen LogP contribution >= 0.6 is 0 Å². The molecular weight excluding hydrogens is 381 g/mol. The fraction of sp³-hybridized carbons (Fsp3) is 0.174. The molecule has 0 atom stereocenters. The maximum atomic E-state index is 13.1. The van der Waals surface area contributed by atoms with Gasteiger partial charge in [-0.15, -0.1) is 0 Å². The summed E-state index contributed by atoms with van der Waals surface area (Å²) in [5, 5.41) is 3.27. The van der Waals surface area contributed by atoms with E-state index in [1.807, 2.05) is 28.9 Å². The number of hydrogen-bond acceptors (Lipinski definition) is 4. The van der Waals surface area contributed by atoms with Crippen LogP contribution < -0.4 is 11.1 Å². The molecule has 1 aliphatic rings. The predicted octanol–water partition coefficient (Wildman–Crippen LogP) is 4.12. The fourth-order valence-electron chi connectivity index (χ4n) is 3.65. The van der Waals surface area contributed by atoms with Crippen molar-refractivity contribution in [2.75, 3.05) is 5.32 Å². The Labute approximate surface area is 172 Å². The van der Waals surface area contributed by atoms with Crippen molar-refractivity contribution in [2.24, 2.45) is 5.73 Å². The number of primary amides is 1. The molecule has 0 aliphatic heterocycles. The molecule has 1 fully saturated rings. The zero-order valence-corrected chi connectivity index (χ0v) is 16.2. The Balaban J connectivity index is 1.47. The highest BCUT2D eigenvalue weighted by molar-refractivity contribution is 5.95. The number of fused-ring (bicyclic) bond motifs is 1. The van der Waals surface area contributed by atoms with Gasteiger partial charge in [-0.3, -0.25) is 4.79 Å². The van der Waals surface area contributed by atoms with E-state index in [2.05, 4.69) is 10.3 Å². The first-order valence-corrected chi connectivity index (χ1v) is 9.84. The number of halogens is 1. The van der Waals surface area contributed by atoms with Crippen molar-refractivity contribution < 1.29 is 9.18 Å². The van der Waals surface area contributed by atoms with Crippen LogP contribution in [0.25, 0.3) is 16.9 Å². The molecule has 2 aromatic heterocycles. The number of rotatable bonds is 6. The van der Waals surface area contributed by atoms with Gasteiger partial charge < -0.3 is 15.5 Å². The third-order valence-corrected chi connectivity index (χ3v) is 5.38. The molecule has 6 nitrogen and oxygen atoms in total. The summed E-state index contributed by atoms with van der Waals surface area (Å²) < 4.78 is 15.0. The van der Waals surface area contributed by atoms with Crippen LogP contribution in [0.15, 0.2) is 61.1 Å². The summed E-state index contributed by atoms with van der Waals surface area (Å²) in [7, 11) is 0. The molecule has 0 unspecified atom stereocenters. The lowest BCUT2D eigenvalue weighted by Gasteiger charge is -2.07. The zero-order valence-electron chi connectivity index (χ0n) is 16.2. The molecule has 0 saturated heterocycles. The van der Waals surface area contributed by atoms with Gasteiger partial charge in [-0.05, 0) is 54.2 Å². The number of anilines is 1. The van der Waals surface area contributed by atoms with Crippen LogP contribution in [-0.2, 0) is 6.54 Å². The van der Waals surface area contributed by atoms with E-state index in [0.717, 1.165) is 35.2 Å². The minimum absolute atomic E-state index is 0.259. The Kier molecular flexibility index (Phi) is 4.43. The fourth-order valence-corrected chi connectivity index (χ4v) is 3.65. The monoisotopic (exact) mass is 401 g/mol. The lowest BCUT2D eigenvalue weighted by atomic mass is 9.98. The van der Waals surface area contributed by atoms with Gasteiger partial charge in [0.25, 0.3) is 0 Å². The molecule has 150 valence electrons. The van der Waals surface area contributed by atoms with Gasteiger partial charge >= 0.3 is 0 Å². The Morgan fingerprint density at radius 1 is 1.20 bits per heavy atom. The van der Waals surface area contributed by atoms with Crippen molar-refractivity contribution in [3.05, 3.63) is 83.6 Å². The number of nitrogens with two attached hydrogens (primary N) is 1. The van der Waals surface area contributed by atoms with Gasteiger partial charge in [-0.1, -0.05) is 18.2 Å². The Morgan fingerprint density at radius 2 is 2.00 bits per heavy atom. The normalized spacial score (nSPS) is 13.5. The predicted molar refractivity (Wildman–Crippen MR) is 113 cm³/mol. The summed E-state index contributed by atoms with van der Waals surface area (Å²) in [6.07, 6.45) is 7.65. The highest BCUT2D eigenvalue weighted by atomic mass is 19.1. The first-order valence-electron chi connectivity index (χ1n) is 9.84. The third-order valence-electron chi connectivity index (χ3n) is 5.38. The van der Waals surface area contributed by atoms with Crippen molar-refractivity contribution in [3.63, 3.8) is 0 Å². The molecule has 2 heterocycles. The van der Waals surface area contributed by atoms with E-state index in [-0.39, 0.29) is 5.82 Å². The lowest BCUT2D eigenvalue weighted by molar-refractivity contribution is 0.0999. The van der Waals surface area contributed by atoms with Gasteiger partial charge in [0, 0.05) is 36.3 Å². The lowest BCUT2D eigenvalue weighted by Crippen LogP contribution is -2.13. The molecule has 0 radical (unpaired) electrons. The molecule has 2 aromatic carbocycles. The maximum absolute atomic E-state index is 13.1. The van der Waals surface area contributed by atoms with E-state index in [9.17, 15) is 9.18 Å². The molecule has 3 N–H and O–H groups in total. The number of imidazole rings is 1. The standard InChI is InChI=1S/C23H20FN5O/c24-17-6-1-14(2-7-17)12-27-22-23-28-20(13-29(23)10-9-26-22)16-5-8-18(21(25)30)19(11-16)15-3-4-15/h1-2,5-11,13,15H,3-4,12H2,(H2,25,30)(H,26,27). The quantitative estimate of drug-likeness (QED) is 0.509. The summed E-state index contributed by atoms with van der Waals surface area (Å²) in [6, 6.07) is 12.0. The van der Waals surface area contributed by atoms with Crippen molar-refractivity contribution in [2.45, 2.75) is 25.3 Å². The van der Waals surface area contributed by atoms with Crippen LogP contribution in [0.1, 0.15) is 40.2 Å². The third kappa shape index (κ3) is 3.50. The number of nitrogens with zero attached hydrogens (tertiary/aromatic N) is 3. The van der Waals surface area contributed by atoms with E-state index >= 15 is 0 Å². The van der Waals surface area contributed by atoms with Crippen LogP contribution in [0.4, 0.5) is 10.2 Å². The van der Waals surface area contributed by atoms with Gasteiger partial charge in [0.2, 0.25) is 5.91 Å². The van der Waals surface area contributed by atoms with E-state index in [1.54, 1.807) is 24.4 Å². The van der Waals surface area contributed by atoms with E-state index < -0.39 is 5.91 Å². The average molecular weight is 401 g/mol. The Morgan fingerprint density at radius 3 is 2.73 bits per heavy atom. The topological polar surface area (TPSA) is 85.3 Å². The van der Waals surface area contributed by atoms with Crippen molar-refractivity contribution in [1.82, 2.24) is 14.4 Å². The molecule has 4 aromatic rings. The van der Waals surface area contributed by atoms with Crippen LogP contribution in [0.3, 0.4) is 0 Å². The van der Waals surface area contributed by atoms with Crippen LogP contribution in [-0.4, -0.2) is 20.3 Å². The molecule has 5 rings (SSSR count). The highest BCUT2D eigenvalue weighted by Gasteiger charge is 2.28. The van der Waals surface area contributed by atoms with Gasteiger partial charge in [0.05, 0.1) is 5.69 Å². The molecular formula is C23H20FN5O. The number of benzene rings is 2. The first kappa shape index (κ1) is 18.3. The van der Waals surface area contributed by atoms with Crippen molar-refractivity contribution in [3.8, 4) is 11.3 Å². The second-order valence-electron chi connectivity index (χ2n) is 7.55. The maximum Gasteiger partial charge on any atom is 0.248 e. The van der Waals surface area contributed by atoms with Gasteiger partial charge in [-0.2, -0.15) is 0 Å². The summed E-state index contributed by atoms with van der Waals surface area (Å²) in [5.74, 6) is 0.392. The summed E-state index contributed by atoms with van der Waals surface area (Å²) >= 11 is 0. The molecule has 0 bridgehead atoms. The molecule has 30 heavy (non-hydrogen) atoms. The largest absolute Gasteiger partial charge is 0.366 e. The summed E-state index contributed by atoms with van der Waals surface area (Å²) in [4.78, 5) is 20.9. The van der Waals surface area contributed by atoms with Gasteiger partial charge in [-0.25, -0.2) is 14.4 Å². The number of carbonyl (C=O) groups is 1. The molecule has 1 saturated carbocycles. The average Bonchev–Trinajstić information content (AvgIpc) is 3.51. The van der Waals surface area contributed by atoms with Crippen molar-refractivity contribution >= 4 is 17.4 Å². The van der Waals surface area contributed by atoms with E-state index in [4.69, 9.17) is 10.7 Å². The number of hydrogen-bond donors (Lipinski definition) is 2. The Bertz CT molecular complexity index is 1240. The van der Waals surface area contributed by atoms with E-state index in [0.29, 0.717) is 29.5 Å². The zero-order chi connectivity index (χ0) is 20.7. The minimum Gasteiger partial charge on any atom is -0.366 e. The number of amides is 1. The van der Waals surface area contributed by atoms with Crippen LogP contribution in [0, 0.1) is 5.82 Å². The van der Waals surface area contributed by atoms with Gasteiger partial charge in [0.1, 0.15) is 5.82 Å². The SMILES string of the molecule is NC(=O)c1ccc(-c2cn3ccnc(NCc4ccc(F)cc4)c3n2)cc1C1CC1. The second-order valence-corrected chi connectivity index (χ2v) is 7.55. The molecule has 7 heteroatoms.